The molecule has 3 rings (SSSR count). The number of hydrogen-bond donors (Lipinski definition) is 7. The summed E-state index contributed by atoms with van der Waals surface area (Å²) in [6, 6.07) is 25.0. The largest absolute Gasteiger partial charge is 1.00 e. The molecule has 0 amide bonds. The lowest BCUT2D eigenvalue weighted by Crippen LogP contribution is -3.00. The van der Waals surface area contributed by atoms with E-state index in [1.807, 2.05) is 32.9 Å². The minimum Gasteiger partial charge on any atom is -1.00 e. The number of thiocarbonyl (C=S) groups is 3. The van der Waals surface area contributed by atoms with Crippen molar-refractivity contribution in [1.29, 1.82) is 0 Å². The van der Waals surface area contributed by atoms with E-state index in [2.05, 4.69) is 131 Å². The molecule has 0 aromatic heterocycles. The number of hydrogen-bond acceptors (Lipinski definition) is 13. The number of carbonyl (C=O) groups is 3. The highest BCUT2D eigenvalue weighted by Crippen LogP contribution is 2.22. The molecular formula is C46H71ClN6O5S9. The molecule has 0 bridgehead atoms. The Hall–Kier alpha value is -2.20. The predicted molar refractivity (Wildman–Crippen MR) is 305 cm³/mol. The van der Waals surface area contributed by atoms with E-state index in [1.54, 1.807) is 64.8 Å². The maximum atomic E-state index is 11.1. The predicted octanol–water partition coefficient (Wildman–Crippen LogP) is 7.24. The number of isothiocyanates is 1. The first-order valence-corrected chi connectivity index (χ1v) is 30.2. The molecule has 0 aliphatic heterocycles. The van der Waals surface area contributed by atoms with Crippen molar-refractivity contribution >= 4 is 135 Å². The van der Waals surface area contributed by atoms with Gasteiger partial charge in [0.1, 0.15) is 5.78 Å². The van der Waals surface area contributed by atoms with Crippen LogP contribution in [0.1, 0.15) is 79.8 Å². The standard InChI is InChI=1S/C16H24N2OS3.C14H20N2O2S3.C9H9NS.C5H11NO2S2.C2H6.ClH/c1-3-15(19)8-10-21-22-11-9-17-16(20)18-12-14-6-4-13(2)5-7-14;1-11-2-4-12(5-3-11)10-16-14(19)15-7-9-21-20-8-6-13(17)18;1-8-2-4-9(5-3-8)6-10-7-11;6-2-4-10-9-3-1-5(7)8;1-2;/h4-7H,3,8-12H2,1-2H3,(H2,17,18,20);2-5H,6-10H2,1H3,(H,17,18)(H2,15,16,19);2-5H,6H2,1H3;1-4,6H2,(H,7,8);1-2H3;1H. The van der Waals surface area contributed by atoms with Gasteiger partial charge >= 0.3 is 11.9 Å². The molecule has 0 heterocycles. The lowest BCUT2D eigenvalue weighted by Gasteiger charge is -2.10. The maximum Gasteiger partial charge on any atom is 0.304 e. The highest BCUT2D eigenvalue weighted by Gasteiger charge is 2.02. The van der Waals surface area contributed by atoms with Gasteiger partial charge in [0.2, 0.25) is 0 Å². The van der Waals surface area contributed by atoms with E-state index >= 15 is 0 Å². The number of quaternary nitrogens is 1. The summed E-state index contributed by atoms with van der Waals surface area (Å²) >= 11 is 14.9. The highest BCUT2D eigenvalue weighted by molar-refractivity contribution is 8.77. The van der Waals surface area contributed by atoms with Crippen LogP contribution < -0.4 is 39.4 Å². The average molecular weight is 1110 g/mol. The summed E-state index contributed by atoms with van der Waals surface area (Å²) in [7, 11) is 10.1. The van der Waals surface area contributed by atoms with Crippen molar-refractivity contribution in [2.75, 3.05) is 54.2 Å². The minimum absolute atomic E-state index is 0. The van der Waals surface area contributed by atoms with Gasteiger partial charge in [-0.1, -0.05) is 175 Å². The molecular weight excluding hydrogens is 1040 g/mol. The summed E-state index contributed by atoms with van der Waals surface area (Å²) in [5.74, 6) is 3.96. The Morgan fingerprint density at radius 2 is 0.925 bits per heavy atom. The lowest BCUT2D eigenvalue weighted by molar-refractivity contribution is -0.360. The first-order chi connectivity index (χ1) is 31.8. The molecule has 3 aromatic carbocycles. The van der Waals surface area contributed by atoms with E-state index in [4.69, 9.17) is 34.6 Å². The topological polar surface area (TPSA) is 180 Å². The number of carboxylic acids is 2. The molecule has 21 heteroatoms. The second kappa shape index (κ2) is 50.2. The summed E-state index contributed by atoms with van der Waals surface area (Å²) < 4.78 is 0. The monoisotopic (exact) mass is 1110 g/mol. The molecule has 0 fully saturated rings. The maximum absolute atomic E-state index is 11.1. The summed E-state index contributed by atoms with van der Waals surface area (Å²) in [5, 5.41) is 33.1. The minimum atomic E-state index is -0.747. The third kappa shape index (κ3) is 48.6. The molecule has 67 heavy (non-hydrogen) atoms. The molecule has 0 radical (unpaired) electrons. The molecule has 376 valence electrons. The lowest BCUT2D eigenvalue weighted by atomic mass is 10.1. The number of Topliss-reactive ketones (excluding diaryl/α,β-unsaturated/α-hetero) is 1. The Balaban J connectivity index is -0.000000842. The highest BCUT2D eigenvalue weighted by atomic mass is 35.5. The van der Waals surface area contributed by atoms with Crippen molar-refractivity contribution in [3.63, 3.8) is 0 Å². The Bertz CT molecular complexity index is 1780. The second-order valence-electron chi connectivity index (χ2n) is 13.3. The zero-order valence-electron chi connectivity index (χ0n) is 39.6. The van der Waals surface area contributed by atoms with Crippen molar-refractivity contribution in [1.82, 2.24) is 21.3 Å². The molecule has 9 N–H and O–H groups in total. The summed E-state index contributed by atoms with van der Waals surface area (Å²) in [6.07, 6.45) is 1.79. The normalized spacial score (nSPS) is 9.54. The number of carboxylic acid groups (broad SMARTS) is 2. The van der Waals surface area contributed by atoms with Crippen molar-refractivity contribution < 1.29 is 42.7 Å². The number of aliphatic carboxylic acids is 2. The van der Waals surface area contributed by atoms with Gasteiger partial charge in [0.05, 0.1) is 36.8 Å². The molecule has 0 saturated heterocycles. The first kappa shape index (κ1) is 69.1. The van der Waals surface area contributed by atoms with Crippen LogP contribution in [-0.2, 0) is 34.0 Å². The number of ketones is 1. The van der Waals surface area contributed by atoms with Crippen LogP contribution in [0.5, 0.6) is 0 Å². The number of benzene rings is 3. The fourth-order valence-corrected chi connectivity index (χ4v) is 10.3. The number of aliphatic imine (C=N–C) groups is 1. The molecule has 0 aliphatic rings. The Morgan fingerprint density at radius 3 is 1.27 bits per heavy atom. The van der Waals surface area contributed by atoms with Crippen molar-refractivity contribution in [3.8, 4) is 0 Å². The van der Waals surface area contributed by atoms with E-state index in [1.165, 1.54) is 33.4 Å². The Kier molecular flexibility index (Phi) is 51.7. The van der Waals surface area contributed by atoms with Gasteiger partial charge in [-0.05, 0) is 74.1 Å². The molecule has 0 unspecified atom stereocenters. The van der Waals surface area contributed by atoms with Gasteiger partial charge in [0.15, 0.2) is 10.2 Å². The zero-order valence-corrected chi connectivity index (χ0v) is 47.7. The van der Waals surface area contributed by atoms with Gasteiger partial charge in [0.25, 0.3) is 0 Å². The fraction of sp³-hybridized carbons (Fsp3) is 0.478. The van der Waals surface area contributed by atoms with Crippen LogP contribution in [-0.4, -0.2) is 97.5 Å². The third-order valence-corrected chi connectivity index (χ3v) is 15.7. The van der Waals surface area contributed by atoms with Crippen LogP contribution in [0, 0.1) is 20.8 Å². The molecule has 0 aliphatic carbocycles. The van der Waals surface area contributed by atoms with E-state index in [9.17, 15) is 14.4 Å². The summed E-state index contributed by atoms with van der Waals surface area (Å²) in [4.78, 5) is 35.3. The number of nitrogens with zero attached hydrogens (tertiary/aromatic N) is 1. The van der Waals surface area contributed by atoms with Gasteiger partial charge in [-0.2, -0.15) is 0 Å². The van der Waals surface area contributed by atoms with E-state index in [0.29, 0.717) is 53.4 Å². The number of carbonyl (C=O) groups excluding carboxylic acids is 1. The second-order valence-corrected chi connectivity index (χ2v) is 22.4. The van der Waals surface area contributed by atoms with Crippen LogP contribution in [0.4, 0.5) is 0 Å². The summed E-state index contributed by atoms with van der Waals surface area (Å²) in [5.41, 5.74) is 11.0. The van der Waals surface area contributed by atoms with Crippen LogP contribution in [0.2, 0.25) is 0 Å². The van der Waals surface area contributed by atoms with Crippen molar-refractivity contribution in [2.24, 2.45) is 4.99 Å². The Morgan fingerprint density at radius 1 is 0.582 bits per heavy atom. The van der Waals surface area contributed by atoms with Crippen LogP contribution in [0.15, 0.2) is 77.8 Å². The number of nitrogens with one attached hydrogen (secondary N) is 4. The third-order valence-electron chi connectivity index (χ3n) is 7.67. The molecule has 0 spiro atoms. The van der Waals surface area contributed by atoms with Crippen LogP contribution in [0.25, 0.3) is 0 Å². The SMILES string of the molecule is CC.CCC(=O)CCSSCCNC(=S)NCc1ccc(C)cc1.Cc1ccc(CN=C=S)cc1.Cc1ccc(CNC(=S)NCCSSCCC(=O)O)cc1.[Cl-].[NH3+]CCSSCCC(=O)O. The number of halogens is 1. The van der Waals surface area contributed by atoms with Gasteiger partial charge in [0, 0.05) is 67.8 Å². The first-order valence-electron chi connectivity index (χ1n) is 21.5. The van der Waals surface area contributed by atoms with Crippen molar-refractivity contribution in [3.05, 3.63) is 106 Å². The zero-order chi connectivity index (χ0) is 49.6. The molecule has 11 nitrogen and oxygen atoms in total. The van der Waals surface area contributed by atoms with E-state index < -0.39 is 11.9 Å². The summed E-state index contributed by atoms with van der Waals surface area (Å²) in [6.45, 7) is 16.7. The molecule has 0 saturated carbocycles. The number of rotatable bonds is 27. The van der Waals surface area contributed by atoms with E-state index in [0.717, 1.165) is 49.2 Å². The van der Waals surface area contributed by atoms with Gasteiger partial charge < -0.3 is 49.6 Å². The van der Waals surface area contributed by atoms with E-state index in [-0.39, 0.29) is 25.2 Å². The fourth-order valence-electron chi connectivity index (χ4n) is 4.13. The average Bonchev–Trinajstić information content (AvgIpc) is 3.31. The van der Waals surface area contributed by atoms with Gasteiger partial charge in [-0.3, -0.25) is 14.4 Å². The van der Waals surface area contributed by atoms with Gasteiger partial charge in [-0.15, -0.1) is 0 Å². The smallest absolute Gasteiger partial charge is 0.304 e. The quantitative estimate of drug-likeness (QED) is 0.0176. The van der Waals surface area contributed by atoms with Crippen LogP contribution >= 0.6 is 101 Å². The van der Waals surface area contributed by atoms with Crippen LogP contribution in [0.3, 0.4) is 0 Å². The van der Waals surface area contributed by atoms with Crippen molar-refractivity contribution in [2.45, 2.75) is 86.9 Å². The number of aryl methyl sites for hydroxylation is 3. The molecule has 0 atom stereocenters. The van der Waals surface area contributed by atoms with Gasteiger partial charge in [-0.25, -0.2) is 4.99 Å². The molecule has 3 aromatic rings. The Labute approximate surface area is 446 Å².